The van der Waals surface area contributed by atoms with Crippen LogP contribution in [0.1, 0.15) is 33.1 Å². The molecule has 6 heteroatoms. The average molecular weight is 257 g/mol. The summed E-state index contributed by atoms with van der Waals surface area (Å²) in [5.41, 5.74) is 0. The molecule has 1 saturated carbocycles. The van der Waals surface area contributed by atoms with Gasteiger partial charge in [0.2, 0.25) is 5.91 Å². The monoisotopic (exact) mass is 257 g/mol. The van der Waals surface area contributed by atoms with Gasteiger partial charge in [-0.3, -0.25) is 9.59 Å². The third-order valence-corrected chi connectivity index (χ3v) is 2.84. The number of ether oxygens (including phenoxy) is 1. The van der Waals surface area contributed by atoms with Gasteiger partial charge in [0.05, 0.1) is 12.5 Å². The van der Waals surface area contributed by atoms with E-state index in [-0.39, 0.29) is 24.9 Å². The van der Waals surface area contributed by atoms with Crippen LogP contribution in [0.3, 0.4) is 0 Å². The van der Waals surface area contributed by atoms with E-state index >= 15 is 0 Å². The number of carboxylic acid groups (broad SMARTS) is 1. The molecule has 2 atom stereocenters. The predicted molar refractivity (Wildman–Crippen MR) is 62.7 cm³/mol. The van der Waals surface area contributed by atoms with E-state index in [2.05, 4.69) is 5.32 Å². The van der Waals surface area contributed by atoms with Crippen molar-refractivity contribution in [2.24, 2.45) is 11.8 Å². The van der Waals surface area contributed by atoms with Gasteiger partial charge in [0.15, 0.2) is 0 Å². The molecular formula is C12H19NO5. The average Bonchev–Trinajstić information content (AvgIpc) is 3.11. The third kappa shape index (κ3) is 4.35. The molecule has 0 aliphatic heterocycles. The van der Waals surface area contributed by atoms with Crippen LogP contribution in [0.15, 0.2) is 0 Å². The van der Waals surface area contributed by atoms with Crippen molar-refractivity contribution >= 4 is 17.8 Å². The van der Waals surface area contributed by atoms with Crippen LogP contribution in [0.2, 0.25) is 0 Å². The predicted octanol–water partition coefficient (Wildman–Crippen LogP) is 0.555. The van der Waals surface area contributed by atoms with E-state index in [9.17, 15) is 14.4 Å². The Bertz CT molecular complexity index is 337. The van der Waals surface area contributed by atoms with Crippen molar-refractivity contribution in [2.45, 2.75) is 39.2 Å². The van der Waals surface area contributed by atoms with Crippen molar-refractivity contribution in [3.05, 3.63) is 0 Å². The highest BCUT2D eigenvalue weighted by atomic mass is 16.5. The second-order valence-corrected chi connectivity index (χ2v) is 4.56. The summed E-state index contributed by atoms with van der Waals surface area (Å²) < 4.78 is 4.80. The van der Waals surface area contributed by atoms with Crippen molar-refractivity contribution in [3.8, 4) is 0 Å². The largest absolute Gasteiger partial charge is 0.480 e. The molecule has 0 aromatic heterocycles. The molecule has 2 N–H and O–H groups in total. The molecule has 1 aliphatic carbocycles. The quantitative estimate of drug-likeness (QED) is 0.650. The molecule has 0 heterocycles. The van der Waals surface area contributed by atoms with Gasteiger partial charge in [0.1, 0.15) is 6.04 Å². The molecule has 0 spiro atoms. The summed E-state index contributed by atoms with van der Waals surface area (Å²) in [6, 6.07) is -1.03. The van der Waals surface area contributed by atoms with Gasteiger partial charge in [-0.25, -0.2) is 4.79 Å². The summed E-state index contributed by atoms with van der Waals surface area (Å²) in [4.78, 5) is 33.9. The van der Waals surface area contributed by atoms with Crippen LogP contribution in [-0.2, 0) is 19.1 Å². The maximum absolute atomic E-state index is 11.5. The van der Waals surface area contributed by atoms with E-state index in [4.69, 9.17) is 9.84 Å². The van der Waals surface area contributed by atoms with E-state index in [1.807, 2.05) is 0 Å². The van der Waals surface area contributed by atoms with Crippen molar-refractivity contribution in [1.29, 1.82) is 0 Å². The number of hydrogen-bond donors (Lipinski definition) is 2. The first-order chi connectivity index (χ1) is 8.45. The lowest BCUT2D eigenvalue weighted by Crippen LogP contribution is -2.43. The first kappa shape index (κ1) is 14.5. The van der Waals surface area contributed by atoms with E-state index in [0.717, 1.165) is 12.8 Å². The molecule has 0 saturated heterocycles. The molecule has 6 nitrogen and oxygen atoms in total. The van der Waals surface area contributed by atoms with Crippen molar-refractivity contribution < 1.29 is 24.2 Å². The zero-order valence-corrected chi connectivity index (χ0v) is 10.6. The van der Waals surface area contributed by atoms with Gasteiger partial charge >= 0.3 is 11.9 Å². The first-order valence-electron chi connectivity index (χ1n) is 6.15. The number of hydrogen-bond acceptors (Lipinski definition) is 4. The lowest BCUT2D eigenvalue weighted by Gasteiger charge is -2.17. The zero-order valence-electron chi connectivity index (χ0n) is 10.6. The minimum absolute atomic E-state index is 0.0482. The standard InChI is InChI=1S/C12H19NO5/c1-3-18-12(17)7(2)6-9(11(15)16)13-10(14)8-4-5-8/h7-9H,3-6H2,1-2H3,(H,13,14)(H,15,16)/t7-,9+/m1/s1. The molecule has 0 aromatic carbocycles. The Labute approximate surface area is 106 Å². The topological polar surface area (TPSA) is 92.7 Å². The van der Waals surface area contributed by atoms with Gasteiger partial charge in [-0.1, -0.05) is 6.92 Å². The highest BCUT2D eigenvalue weighted by molar-refractivity contribution is 5.86. The van der Waals surface area contributed by atoms with E-state index in [1.165, 1.54) is 0 Å². The van der Waals surface area contributed by atoms with Gasteiger partial charge in [0.25, 0.3) is 0 Å². The van der Waals surface area contributed by atoms with E-state index in [1.54, 1.807) is 13.8 Å². The number of aliphatic carboxylic acids is 1. The molecule has 0 aromatic rings. The van der Waals surface area contributed by atoms with Gasteiger partial charge < -0.3 is 15.2 Å². The summed E-state index contributed by atoms with van der Waals surface area (Å²) in [6.07, 6.45) is 1.67. The van der Waals surface area contributed by atoms with Crippen LogP contribution in [-0.4, -0.2) is 35.6 Å². The number of rotatable bonds is 7. The molecule has 1 amide bonds. The van der Waals surface area contributed by atoms with Crippen LogP contribution >= 0.6 is 0 Å². The molecule has 1 aliphatic rings. The van der Waals surface area contributed by atoms with Crippen LogP contribution in [0.5, 0.6) is 0 Å². The molecule has 0 bridgehead atoms. The molecule has 18 heavy (non-hydrogen) atoms. The second-order valence-electron chi connectivity index (χ2n) is 4.56. The SMILES string of the molecule is CCOC(=O)[C@H](C)C[C@H](NC(=O)C1CC1)C(=O)O. The molecule has 102 valence electrons. The number of nitrogens with one attached hydrogen (secondary N) is 1. The molecule has 0 radical (unpaired) electrons. The number of amides is 1. The first-order valence-corrected chi connectivity index (χ1v) is 6.15. The zero-order chi connectivity index (χ0) is 13.7. The Balaban J connectivity index is 2.48. The smallest absolute Gasteiger partial charge is 0.326 e. The Kier molecular flexibility index (Phi) is 5.12. The lowest BCUT2D eigenvalue weighted by atomic mass is 10.0. The van der Waals surface area contributed by atoms with Crippen LogP contribution < -0.4 is 5.32 Å². The Morgan fingerprint density at radius 2 is 2.00 bits per heavy atom. The number of carboxylic acids is 1. The molecular weight excluding hydrogens is 238 g/mol. The Morgan fingerprint density at radius 3 is 2.44 bits per heavy atom. The van der Waals surface area contributed by atoms with Crippen molar-refractivity contribution in [1.82, 2.24) is 5.32 Å². The maximum Gasteiger partial charge on any atom is 0.326 e. The summed E-state index contributed by atoms with van der Waals surface area (Å²) in [6.45, 7) is 3.54. The molecule has 0 unspecified atom stereocenters. The second kappa shape index (κ2) is 6.37. The minimum atomic E-state index is -1.12. The summed E-state index contributed by atoms with van der Waals surface area (Å²) >= 11 is 0. The fourth-order valence-corrected chi connectivity index (χ4v) is 1.59. The van der Waals surface area contributed by atoms with Gasteiger partial charge in [-0.15, -0.1) is 0 Å². The van der Waals surface area contributed by atoms with Gasteiger partial charge in [-0.2, -0.15) is 0 Å². The lowest BCUT2D eigenvalue weighted by molar-refractivity contribution is -0.149. The molecule has 1 rings (SSSR count). The molecule has 1 fully saturated rings. The highest BCUT2D eigenvalue weighted by Crippen LogP contribution is 2.29. The maximum atomic E-state index is 11.5. The van der Waals surface area contributed by atoms with Crippen LogP contribution in [0.25, 0.3) is 0 Å². The van der Waals surface area contributed by atoms with E-state index in [0.29, 0.717) is 0 Å². The summed E-state index contributed by atoms with van der Waals surface area (Å²) in [7, 11) is 0. The Morgan fingerprint density at radius 1 is 1.39 bits per heavy atom. The summed E-state index contributed by atoms with van der Waals surface area (Å²) in [5.74, 6) is -2.40. The van der Waals surface area contributed by atoms with E-state index < -0.39 is 23.9 Å². The Hall–Kier alpha value is -1.59. The van der Waals surface area contributed by atoms with Gasteiger partial charge in [0, 0.05) is 5.92 Å². The minimum Gasteiger partial charge on any atom is -0.480 e. The van der Waals surface area contributed by atoms with Gasteiger partial charge in [-0.05, 0) is 26.2 Å². The number of carbonyl (C=O) groups excluding carboxylic acids is 2. The fourth-order valence-electron chi connectivity index (χ4n) is 1.59. The van der Waals surface area contributed by atoms with Crippen molar-refractivity contribution in [3.63, 3.8) is 0 Å². The summed E-state index contributed by atoms with van der Waals surface area (Å²) in [5, 5.41) is 11.5. The number of carbonyl (C=O) groups is 3. The normalized spacial score (nSPS) is 17.7. The number of esters is 1. The highest BCUT2D eigenvalue weighted by Gasteiger charge is 2.33. The van der Waals surface area contributed by atoms with Crippen LogP contribution in [0.4, 0.5) is 0 Å². The van der Waals surface area contributed by atoms with Crippen LogP contribution in [0, 0.1) is 11.8 Å². The third-order valence-electron chi connectivity index (χ3n) is 2.84. The van der Waals surface area contributed by atoms with Crippen molar-refractivity contribution in [2.75, 3.05) is 6.61 Å². The fraction of sp³-hybridized carbons (Fsp3) is 0.750.